The summed E-state index contributed by atoms with van der Waals surface area (Å²) in [6.07, 6.45) is 0. The smallest absolute Gasteiger partial charge is 0.313 e. The fraction of sp³-hybridized carbons (Fsp3) is 0.467. The molecule has 0 aromatic heterocycles. The van der Waals surface area contributed by atoms with Crippen molar-refractivity contribution in [3.05, 3.63) is 23.8 Å². The summed E-state index contributed by atoms with van der Waals surface area (Å²) in [5, 5.41) is 2.78. The van der Waals surface area contributed by atoms with E-state index in [2.05, 4.69) is 5.32 Å². The van der Waals surface area contributed by atoms with Gasteiger partial charge >= 0.3 is 5.97 Å². The molecule has 1 aromatic rings. The normalized spacial score (nSPS) is 10.7. The number of hydrogen-bond donors (Lipinski definition) is 1. The van der Waals surface area contributed by atoms with Crippen LogP contribution in [0.4, 0.5) is 5.69 Å². The number of esters is 1. The van der Waals surface area contributed by atoms with Crippen molar-refractivity contribution in [2.75, 3.05) is 5.32 Å². The number of anilines is 1. The zero-order chi connectivity index (χ0) is 14.6. The van der Waals surface area contributed by atoms with E-state index in [1.54, 1.807) is 26.0 Å². The third kappa shape index (κ3) is 4.39. The van der Waals surface area contributed by atoms with Crippen LogP contribution in [-0.2, 0) is 9.59 Å². The van der Waals surface area contributed by atoms with E-state index in [1.807, 2.05) is 26.8 Å². The SMILES string of the molecule is Cc1ccc(OC(=O)C(C)C)c(NC(=O)C(C)C)c1. The molecule has 1 rings (SSSR count). The van der Waals surface area contributed by atoms with E-state index in [4.69, 9.17) is 4.74 Å². The minimum absolute atomic E-state index is 0.104. The van der Waals surface area contributed by atoms with Gasteiger partial charge in [-0.2, -0.15) is 0 Å². The molecule has 0 heterocycles. The average Bonchev–Trinajstić information content (AvgIpc) is 2.32. The molecule has 0 unspecified atom stereocenters. The van der Waals surface area contributed by atoms with Crippen molar-refractivity contribution in [1.82, 2.24) is 0 Å². The molecule has 0 saturated heterocycles. The summed E-state index contributed by atoms with van der Waals surface area (Å²) in [6, 6.07) is 5.34. The van der Waals surface area contributed by atoms with Crippen LogP contribution in [0.5, 0.6) is 5.75 Å². The molecule has 0 aliphatic carbocycles. The number of hydrogen-bond acceptors (Lipinski definition) is 3. The molecule has 0 saturated carbocycles. The van der Waals surface area contributed by atoms with Gasteiger partial charge in [0.1, 0.15) is 0 Å². The number of carbonyl (C=O) groups excluding carboxylic acids is 2. The second kappa shape index (κ2) is 6.36. The Kier molecular flexibility index (Phi) is 5.10. The molecule has 1 aromatic carbocycles. The van der Waals surface area contributed by atoms with Crippen LogP contribution in [-0.4, -0.2) is 11.9 Å². The predicted molar refractivity (Wildman–Crippen MR) is 75.1 cm³/mol. The van der Waals surface area contributed by atoms with Crippen molar-refractivity contribution in [3.63, 3.8) is 0 Å². The summed E-state index contributed by atoms with van der Waals surface area (Å²) in [5.74, 6) is -0.376. The minimum Gasteiger partial charge on any atom is -0.424 e. The molecular formula is C15H21NO3. The van der Waals surface area contributed by atoms with Gasteiger partial charge in [-0.15, -0.1) is 0 Å². The highest BCUT2D eigenvalue weighted by Crippen LogP contribution is 2.27. The molecule has 19 heavy (non-hydrogen) atoms. The second-order valence-corrected chi connectivity index (χ2v) is 5.22. The first-order chi connectivity index (χ1) is 8.81. The molecule has 0 radical (unpaired) electrons. The highest BCUT2D eigenvalue weighted by molar-refractivity contribution is 5.94. The van der Waals surface area contributed by atoms with Gasteiger partial charge in [-0.05, 0) is 24.6 Å². The topological polar surface area (TPSA) is 55.4 Å². The van der Waals surface area contributed by atoms with E-state index in [0.29, 0.717) is 11.4 Å². The van der Waals surface area contributed by atoms with E-state index >= 15 is 0 Å². The molecule has 1 amide bonds. The zero-order valence-corrected chi connectivity index (χ0v) is 12.1. The molecule has 0 atom stereocenters. The Morgan fingerprint density at radius 1 is 1.11 bits per heavy atom. The van der Waals surface area contributed by atoms with Crippen LogP contribution in [0.3, 0.4) is 0 Å². The Labute approximate surface area is 114 Å². The van der Waals surface area contributed by atoms with Gasteiger partial charge in [0.2, 0.25) is 5.91 Å². The minimum atomic E-state index is -0.316. The van der Waals surface area contributed by atoms with Crippen molar-refractivity contribution < 1.29 is 14.3 Å². The lowest BCUT2D eigenvalue weighted by molar-refractivity contribution is -0.137. The van der Waals surface area contributed by atoms with E-state index in [0.717, 1.165) is 5.56 Å². The molecule has 0 spiro atoms. The quantitative estimate of drug-likeness (QED) is 0.670. The first kappa shape index (κ1) is 15.2. The Morgan fingerprint density at radius 2 is 1.74 bits per heavy atom. The van der Waals surface area contributed by atoms with Crippen LogP contribution >= 0.6 is 0 Å². The van der Waals surface area contributed by atoms with Crippen LogP contribution < -0.4 is 10.1 Å². The summed E-state index contributed by atoms with van der Waals surface area (Å²) in [7, 11) is 0. The van der Waals surface area contributed by atoms with Gasteiger partial charge < -0.3 is 10.1 Å². The summed E-state index contributed by atoms with van der Waals surface area (Å²) in [4.78, 5) is 23.4. The van der Waals surface area contributed by atoms with Crippen LogP contribution in [0.25, 0.3) is 0 Å². The Morgan fingerprint density at radius 3 is 2.26 bits per heavy atom. The maximum atomic E-state index is 11.7. The number of amides is 1. The third-order valence-electron chi connectivity index (χ3n) is 2.60. The first-order valence-electron chi connectivity index (χ1n) is 6.44. The van der Waals surface area contributed by atoms with E-state index in [9.17, 15) is 9.59 Å². The molecule has 1 N–H and O–H groups in total. The molecule has 4 heteroatoms. The molecule has 104 valence electrons. The summed E-state index contributed by atoms with van der Waals surface area (Å²) in [5.41, 5.74) is 1.52. The number of ether oxygens (including phenoxy) is 1. The van der Waals surface area contributed by atoms with Gasteiger partial charge in [-0.1, -0.05) is 33.8 Å². The maximum Gasteiger partial charge on any atom is 0.313 e. The predicted octanol–water partition coefficient (Wildman–Crippen LogP) is 3.15. The zero-order valence-electron chi connectivity index (χ0n) is 12.1. The van der Waals surface area contributed by atoms with Gasteiger partial charge in [0.05, 0.1) is 11.6 Å². The Hall–Kier alpha value is -1.84. The van der Waals surface area contributed by atoms with Gasteiger partial charge in [0.25, 0.3) is 0 Å². The Bertz CT molecular complexity index is 478. The van der Waals surface area contributed by atoms with Crippen LogP contribution in [0, 0.1) is 18.8 Å². The number of benzene rings is 1. The van der Waals surface area contributed by atoms with Crippen molar-refractivity contribution in [3.8, 4) is 5.75 Å². The largest absolute Gasteiger partial charge is 0.424 e. The molecule has 0 aliphatic rings. The third-order valence-corrected chi connectivity index (χ3v) is 2.60. The number of aryl methyl sites for hydroxylation is 1. The number of rotatable bonds is 4. The lowest BCUT2D eigenvalue weighted by Crippen LogP contribution is -2.20. The van der Waals surface area contributed by atoms with Crippen molar-refractivity contribution in [2.45, 2.75) is 34.6 Å². The van der Waals surface area contributed by atoms with Crippen LogP contribution in [0.15, 0.2) is 18.2 Å². The summed E-state index contributed by atoms with van der Waals surface area (Å²) < 4.78 is 5.29. The fourth-order valence-corrected chi connectivity index (χ4v) is 1.33. The summed E-state index contributed by atoms with van der Waals surface area (Å²) in [6.45, 7) is 9.07. The number of nitrogens with one attached hydrogen (secondary N) is 1. The highest BCUT2D eigenvalue weighted by atomic mass is 16.5. The van der Waals surface area contributed by atoms with E-state index in [-0.39, 0.29) is 23.7 Å². The molecule has 0 aliphatic heterocycles. The van der Waals surface area contributed by atoms with Crippen molar-refractivity contribution >= 4 is 17.6 Å². The molecule has 4 nitrogen and oxygen atoms in total. The fourth-order valence-electron chi connectivity index (χ4n) is 1.33. The average molecular weight is 263 g/mol. The summed E-state index contributed by atoms with van der Waals surface area (Å²) >= 11 is 0. The first-order valence-corrected chi connectivity index (χ1v) is 6.44. The maximum absolute atomic E-state index is 11.7. The van der Waals surface area contributed by atoms with Crippen molar-refractivity contribution in [2.24, 2.45) is 11.8 Å². The van der Waals surface area contributed by atoms with Gasteiger partial charge in [0, 0.05) is 5.92 Å². The lowest BCUT2D eigenvalue weighted by Gasteiger charge is -2.14. The monoisotopic (exact) mass is 263 g/mol. The Balaban J connectivity index is 2.98. The van der Waals surface area contributed by atoms with Crippen LogP contribution in [0.2, 0.25) is 0 Å². The second-order valence-electron chi connectivity index (χ2n) is 5.22. The van der Waals surface area contributed by atoms with E-state index < -0.39 is 0 Å². The molecule has 0 bridgehead atoms. The van der Waals surface area contributed by atoms with Gasteiger partial charge in [0.15, 0.2) is 5.75 Å². The molecular weight excluding hydrogens is 242 g/mol. The van der Waals surface area contributed by atoms with Crippen LogP contribution in [0.1, 0.15) is 33.3 Å². The van der Waals surface area contributed by atoms with Crippen molar-refractivity contribution in [1.29, 1.82) is 0 Å². The highest BCUT2D eigenvalue weighted by Gasteiger charge is 2.15. The van der Waals surface area contributed by atoms with Gasteiger partial charge in [-0.25, -0.2) is 0 Å². The van der Waals surface area contributed by atoms with E-state index in [1.165, 1.54) is 0 Å². The van der Waals surface area contributed by atoms with Gasteiger partial charge in [-0.3, -0.25) is 9.59 Å². The number of carbonyl (C=O) groups is 2. The lowest BCUT2D eigenvalue weighted by atomic mass is 10.1. The standard InChI is InChI=1S/C15H21NO3/c1-9(2)14(17)16-12-8-11(5)6-7-13(12)19-15(18)10(3)4/h6-10H,1-5H3,(H,16,17). The molecule has 0 fully saturated rings.